The number of hydrogen-bond acceptors (Lipinski definition) is 3. The van der Waals surface area contributed by atoms with Crippen molar-refractivity contribution in [3.8, 4) is 0 Å². The Morgan fingerprint density at radius 3 is 2.93 bits per heavy atom. The van der Waals surface area contributed by atoms with Crippen LogP contribution in [0.2, 0.25) is 0 Å². The van der Waals surface area contributed by atoms with Crippen LogP contribution in [0.4, 0.5) is 0 Å². The smallest absolute Gasteiger partial charge is 0.0738 e. The summed E-state index contributed by atoms with van der Waals surface area (Å²) in [6.45, 7) is 0.663. The van der Waals surface area contributed by atoms with Crippen LogP contribution in [0.1, 0.15) is 11.3 Å². The van der Waals surface area contributed by atoms with E-state index in [1.807, 2.05) is 13.2 Å². The lowest BCUT2D eigenvalue weighted by Gasteiger charge is -2.00. The Kier molecular flexibility index (Phi) is 2.49. The Bertz CT molecular complexity index is 419. The van der Waals surface area contributed by atoms with Crippen molar-refractivity contribution >= 4 is 11.6 Å². The molecular formula is C8H10ClN5. The fourth-order valence-corrected chi connectivity index (χ4v) is 1.45. The molecule has 2 aromatic rings. The fourth-order valence-electron chi connectivity index (χ4n) is 1.24. The highest BCUT2D eigenvalue weighted by Gasteiger charge is 2.04. The quantitative estimate of drug-likeness (QED) is 0.706. The van der Waals surface area contributed by atoms with Gasteiger partial charge < -0.3 is 0 Å². The molecule has 0 aliphatic rings. The largest absolute Gasteiger partial charge is 0.275 e. The molecule has 0 spiro atoms. The van der Waals surface area contributed by atoms with Crippen molar-refractivity contribution in [3.63, 3.8) is 0 Å². The maximum absolute atomic E-state index is 5.72. The predicted molar refractivity (Wildman–Crippen MR) is 51.9 cm³/mol. The molecule has 2 aromatic heterocycles. The lowest BCUT2D eigenvalue weighted by atomic mass is 10.3. The van der Waals surface area contributed by atoms with Crippen molar-refractivity contribution in [3.05, 3.63) is 29.8 Å². The molecule has 0 aliphatic carbocycles. The van der Waals surface area contributed by atoms with Gasteiger partial charge in [0.05, 0.1) is 30.5 Å². The van der Waals surface area contributed by atoms with Crippen LogP contribution in [-0.4, -0.2) is 24.8 Å². The van der Waals surface area contributed by atoms with Crippen LogP contribution in [0.15, 0.2) is 18.6 Å². The minimum atomic E-state index is 0.424. The third kappa shape index (κ3) is 1.77. The molecule has 14 heavy (non-hydrogen) atoms. The van der Waals surface area contributed by atoms with E-state index in [1.165, 1.54) is 0 Å². The number of hydrogen-bond donors (Lipinski definition) is 0. The first kappa shape index (κ1) is 9.21. The Morgan fingerprint density at radius 1 is 1.43 bits per heavy atom. The summed E-state index contributed by atoms with van der Waals surface area (Å²) in [4.78, 5) is 0. The maximum atomic E-state index is 5.72. The Morgan fingerprint density at radius 2 is 2.29 bits per heavy atom. The van der Waals surface area contributed by atoms with Gasteiger partial charge in [0.2, 0.25) is 0 Å². The van der Waals surface area contributed by atoms with Crippen LogP contribution < -0.4 is 0 Å². The van der Waals surface area contributed by atoms with E-state index in [-0.39, 0.29) is 0 Å². The Hall–Kier alpha value is -1.36. The van der Waals surface area contributed by atoms with E-state index in [4.69, 9.17) is 11.6 Å². The lowest BCUT2D eigenvalue weighted by Crippen LogP contribution is -2.04. The van der Waals surface area contributed by atoms with Gasteiger partial charge in [-0.1, -0.05) is 5.21 Å². The summed E-state index contributed by atoms with van der Waals surface area (Å²) in [5.74, 6) is 0.424. The molecule has 2 heterocycles. The molecule has 0 N–H and O–H groups in total. The maximum Gasteiger partial charge on any atom is 0.0738 e. The van der Waals surface area contributed by atoms with Crippen molar-refractivity contribution < 1.29 is 0 Å². The summed E-state index contributed by atoms with van der Waals surface area (Å²) in [6.07, 6.45) is 5.42. The molecule has 0 aromatic carbocycles. The SMILES string of the molecule is Cn1cc(Cn2nncc2CCl)cn1. The van der Waals surface area contributed by atoms with E-state index in [9.17, 15) is 0 Å². The molecule has 2 rings (SSSR count). The third-order valence-corrected chi connectivity index (χ3v) is 2.20. The van der Waals surface area contributed by atoms with Crippen molar-refractivity contribution in [1.29, 1.82) is 0 Å². The van der Waals surface area contributed by atoms with Crippen LogP contribution in [0, 0.1) is 0 Å². The molecule has 0 atom stereocenters. The van der Waals surface area contributed by atoms with Gasteiger partial charge in [-0.3, -0.25) is 4.68 Å². The summed E-state index contributed by atoms with van der Waals surface area (Å²) in [5, 5.41) is 11.8. The second-order valence-electron chi connectivity index (χ2n) is 3.04. The zero-order valence-electron chi connectivity index (χ0n) is 7.76. The van der Waals surface area contributed by atoms with Gasteiger partial charge in [0.1, 0.15) is 0 Å². The number of rotatable bonds is 3. The summed E-state index contributed by atoms with van der Waals surface area (Å²) in [6, 6.07) is 0. The topological polar surface area (TPSA) is 48.5 Å². The number of aryl methyl sites for hydroxylation is 1. The van der Waals surface area contributed by atoms with E-state index in [0.717, 1.165) is 11.3 Å². The summed E-state index contributed by atoms with van der Waals surface area (Å²) >= 11 is 5.72. The van der Waals surface area contributed by atoms with Gasteiger partial charge in [-0.15, -0.1) is 16.7 Å². The van der Waals surface area contributed by atoms with E-state index in [1.54, 1.807) is 21.8 Å². The van der Waals surface area contributed by atoms with Gasteiger partial charge >= 0.3 is 0 Å². The summed E-state index contributed by atoms with van der Waals surface area (Å²) in [7, 11) is 1.88. The molecule has 6 heteroatoms. The zero-order chi connectivity index (χ0) is 9.97. The highest BCUT2D eigenvalue weighted by atomic mass is 35.5. The highest BCUT2D eigenvalue weighted by molar-refractivity contribution is 6.16. The first-order valence-electron chi connectivity index (χ1n) is 4.20. The molecule has 74 valence electrons. The van der Waals surface area contributed by atoms with Crippen LogP contribution in [0.3, 0.4) is 0 Å². The van der Waals surface area contributed by atoms with Gasteiger partial charge in [0.25, 0.3) is 0 Å². The van der Waals surface area contributed by atoms with Gasteiger partial charge in [-0.25, -0.2) is 4.68 Å². The number of alkyl halides is 1. The number of halogens is 1. The average Bonchev–Trinajstić information content (AvgIpc) is 2.76. The van der Waals surface area contributed by atoms with Crippen molar-refractivity contribution in [2.45, 2.75) is 12.4 Å². The monoisotopic (exact) mass is 211 g/mol. The van der Waals surface area contributed by atoms with Crippen LogP contribution in [0.5, 0.6) is 0 Å². The lowest BCUT2D eigenvalue weighted by molar-refractivity contribution is 0.630. The fraction of sp³-hybridized carbons (Fsp3) is 0.375. The summed E-state index contributed by atoms with van der Waals surface area (Å²) in [5.41, 5.74) is 2.00. The standard InChI is InChI=1S/C8H10ClN5/c1-13-5-7(3-11-13)6-14-8(2-9)4-10-12-14/h3-5H,2,6H2,1H3. The van der Waals surface area contributed by atoms with Gasteiger partial charge in [-0.05, 0) is 0 Å². The average molecular weight is 212 g/mol. The van der Waals surface area contributed by atoms with Crippen LogP contribution >= 0.6 is 11.6 Å². The molecule has 0 unspecified atom stereocenters. The highest BCUT2D eigenvalue weighted by Crippen LogP contribution is 2.05. The van der Waals surface area contributed by atoms with Crippen LogP contribution in [-0.2, 0) is 19.5 Å². The summed E-state index contributed by atoms with van der Waals surface area (Å²) < 4.78 is 3.52. The van der Waals surface area contributed by atoms with Gasteiger partial charge in [0, 0.05) is 18.8 Å². The second-order valence-corrected chi connectivity index (χ2v) is 3.31. The molecule has 0 amide bonds. The Balaban J connectivity index is 2.18. The minimum absolute atomic E-state index is 0.424. The first-order valence-corrected chi connectivity index (χ1v) is 4.74. The molecule has 0 bridgehead atoms. The molecule has 0 fully saturated rings. The van der Waals surface area contributed by atoms with E-state index in [2.05, 4.69) is 15.4 Å². The molecule has 0 aliphatic heterocycles. The molecule has 0 saturated carbocycles. The van der Waals surface area contributed by atoms with Crippen LogP contribution in [0.25, 0.3) is 0 Å². The predicted octanol–water partition coefficient (Wildman–Crippen LogP) is 0.799. The number of nitrogens with zero attached hydrogens (tertiary/aromatic N) is 5. The molecular weight excluding hydrogens is 202 g/mol. The molecule has 0 radical (unpaired) electrons. The molecule has 0 saturated heterocycles. The first-order chi connectivity index (χ1) is 6.79. The second kappa shape index (κ2) is 3.79. The minimum Gasteiger partial charge on any atom is -0.275 e. The van der Waals surface area contributed by atoms with E-state index < -0.39 is 0 Å². The molecule has 5 nitrogen and oxygen atoms in total. The van der Waals surface area contributed by atoms with E-state index in [0.29, 0.717) is 12.4 Å². The normalized spacial score (nSPS) is 10.7. The zero-order valence-corrected chi connectivity index (χ0v) is 8.52. The van der Waals surface area contributed by atoms with Gasteiger partial charge in [0.15, 0.2) is 0 Å². The van der Waals surface area contributed by atoms with Crippen molar-refractivity contribution in [1.82, 2.24) is 24.8 Å². The van der Waals surface area contributed by atoms with Crippen molar-refractivity contribution in [2.75, 3.05) is 0 Å². The third-order valence-electron chi connectivity index (χ3n) is 1.93. The van der Waals surface area contributed by atoms with E-state index >= 15 is 0 Å². The number of aromatic nitrogens is 5. The van der Waals surface area contributed by atoms with Gasteiger partial charge in [-0.2, -0.15) is 5.10 Å². The van der Waals surface area contributed by atoms with Crippen molar-refractivity contribution in [2.24, 2.45) is 7.05 Å². The Labute approximate surface area is 86.3 Å².